The van der Waals surface area contributed by atoms with Crippen molar-refractivity contribution in [2.24, 2.45) is 0 Å². The second-order valence-corrected chi connectivity index (χ2v) is 4.81. The van der Waals surface area contributed by atoms with E-state index in [4.69, 9.17) is 11.6 Å². The molecule has 0 aliphatic carbocycles. The first-order valence-electron chi connectivity index (χ1n) is 6.42. The molecule has 0 saturated heterocycles. The number of ether oxygens (including phenoxy) is 2. The first kappa shape index (κ1) is 17.9. The quantitative estimate of drug-likeness (QED) is 0.494. The Morgan fingerprint density at radius 3 is 2.59 bits per heavy atom. The van der Waals surface area contributed by atoms with Gasteiger partial charge in [0.1, 0.15) is 0 Å². The molecule has 0 saturated carbocycles. The van der Waals surface area contributed by atoms with Crippen molar-refractivity contribution in [1.29, 1.82) is 0 Å². The zero-order valence-electron chi connectivity index (χ0n) is 12.3. The van der Waals surface area contributed by atoms with E-state index in [1.807, 2.05) is 0 Å². The Hall–Kier alpha value is -2.11. The monoisotopic (exact) mass is 324 g/mol. The molecule has 1 N–H and O–H groups in total. The lowest BCUT2D eigenvalue weighted by Crippen LogP contribution is -2.36. The summed E-state index contributed by atoms with van der Waals surface area (Å²) in [4.78, 5) is 22.8. The highest BCUT2D eigenvalue weighted by molar-refractivity contribution is 6.30. The van der Waals surface area contributed by atoms with E-state index in [0.717, 1.165) is 0 Å². The van der Waals surface area contributed by atoms with Crippen LogP contribution >= 0.6 is 11.6 Å². The number of methoxy groups -OCH3 is 2. The van der Waals surface area contributed by atoms with E-state index < -0.39 is 17.5 Å². The lowest BCUT2D eigenvalue weighted by molar-refractivity contribution is -0.163. The van der Waals surface area contributed by atoms with E-state index in [1.54, 1.807) is 18.2 Å². The highest BCUT2D eigenvalue weighted by atomic mass is 35.5. The fraction of sp³-hybridized carbons (Fsp3) is 0.250. The number of esters is 2. The smallest absolute Gasteiger partial charge is 0.342 e. The van der Waals surface area contributed by atoms with E-state index in [2.05, 4.69) is 9.47 Å². The highest BCUT2D eigenvalue weighted by Gasteiger charge is 2.38. The average molecular weight is 325 g/mol. The minimum absolute atomic E-state index is 0.0362. The summed E-state index contributed by atoms with van der Waals surface area (Å²) in [5, 5.41) is 11.0. The minimum atomic E-state index is -1.85. The largest absolute Gasteiger partial charge is 0.467 e. The molecule has 22 heavy (non-hydrogen) atoms. The summed E-state index contributed by atoms with van der Waals surface area (Å²) in [6.07, 6.45) is 5.69. The van der Waals surface area contributed by atoms with Crippen molar-refractivity contribution in [3.63, 3.8) is 0 Å². The molecule has 0 radical (unpaired) electrons. The normalized spacial score (nSPS) is 14.0. The molecule has 0 aliphatic rings. The van der Waals surface area contributed by atoms with Gasteiger partial charge in [-0.1, -0.05) is 42.0 Å². The van der Waals surface area contributed by atoms with Gasteiger partial charge in [0.25, 0.3) is 0 Å². The summed E-state index contributed by atoms with van der Waals surface area (Å²) in [5.41, 5.74) is -1.52. The van der Waals surface area contributed by atoms with Crippen LogP contribution in [0, 0.1) is 0 Å². The molecule has 1 atom stereocenters. The summed E-state index contributed by atoms with van der Waals surface area (Å²) >= 11 is 5.89. The molecule has 1 unspecified atom stereocenters. The van der Waals surface area contributed by atoms with Crippen LogP contribution in [0.1, 0.15) is 12.0 Å². The third-order valence-electron chi connectivity index (χ3n) is 2.92. The molecule has 0 aliphatic heterocycles. The summed E-state index contributed by atoms with van der Waals surface area (Å²) in [6, 6.07) is 6.35. The number of halogens is 1. The second kappa shape index (κ2) is 8.36. The van der Waals surface area contributed by atoms with Crippen LogP contribution in [-0.2, 0) is 24.7 Å². The van der Waals surface area contributed by atoms with Crippen LogP contribution in [0.5, 0.6) is 0 Å². The van der Waals surface area contributed by atoms with Crippen LogP contribution in [0.4, 0.5) is 0 Å². The van der Waals surface area contributed by atoms with Crippen molar-refractivity contribution >= 4 is 23.5 Å². The minimum Gasteiger partial charge on any atom is -0.467 e. The first-order valence-corrected chi connectivity index (χ1v) is 6.80. The molecule has 0 aromatic heterocycles. The van der Waals surface area contributed by atoms with Gasteiger partial charge in [0.05, 0.1) is 14.2 Å². The number of allylic oxidation sites excluding steroid dienone is 2. The fourth-order valence-corrected chi connectivity index (χ4v) is 1.94. The van der Waals surface area contributed by atoms with Gasteiger partial charge in [-0.05, 0) is 17.7 Å². The van der Waals surface area contributed by atoms with Crippen molar-refractivity contribution in [2.75, 3.05) is 14.2 Å². The molecule has 6 heteroatoms. The number of carbonyl (C=O) groups excluding carboxylic acids is 2. The van der Waals surface area contributed by atoms with Gasteiger partial charge < -0.3 is 14.6 Å². The topological polar surface area (TPSA) is 72.8 Å². The number of aliphatic hydroxyl groups is 1. The van der Waals surface area contributed by atoms with E-state index >= 15 is 0 Å². The maximum Gasteiger partial charge on any atom is 0.342 e. The van der Waals surface area contributed by atoms with E-state index in [-0.39, 0.29) is 6.42 Å². The van der Waals surface area contributed by atoms with Crippen LogP contribution < -0.4 is 0 Å². The summed E-state index contributed by atoms with van der Waals surface area (Å²) < 4.78 is 9.10. The predicted molar refractivity (Wildman–Crippen MR) is 82.3 cm³/mol. The van der Waals surface area contributed by atoms with Gasteiger partial charge in [-0.2, -0.15) is 0 Å². The average Bonchev–Trinajstić information content (AvgIpc) is 2.53. The van der Waals surface area contributed by atoms with Crippen LogP contribution in [0.2, 0.25) is 5.02 Å². The van der Waals surface area contributed by atoms with Gasteiger partial charge in [-0.25, -0.2) is 9.59 Å². The standard InChI is InChI=1S/C16H17ClO5/c1-21-14(18)9-4-3-5-10-16(20,15(19)22-2)12-7-6-8-13(17)11-12/h3-9,11,20H,10H2,1-2H3/b5-3+,9-4+. The summed E-state index contributed by atoms with van der Waals surface area (Å²) in [6.45, 7) is 0. The molecule has 0 spiro atoms. The van der Waals surface area contributed by atoms with Gasteiger partial charge in [0.15, 0.2) is 5.60 Å². The molecule has 1 aromatic rings. The Labute approximate surface area is 133 Å². The molecule has 0 amide bonds. The Kier molecular flexibility index (Phi) is 6.82. The number of hydrogen-bond donors (Lipinski definition) is 1. The van der Waals surface area contributed by atoms with Crippen LogP contribution in [0.15, 0.2) is 48.6 Å². The number of rotatable bonds is 6. The van der Waals surface area contributed by atoms with Gasteiger partial charge in [-0.3, -0.25) is 0 Å². The van der Waals surface area contributed by atoms with Crippen molar-refractivity contribution in [3.05, 3.63) is 59.2 Å². The molecule has 0 bridgehead atoms. The molecule has 0 heterocycles. The molecule has 118 valence electrons. The van der Waals surface area contributed by atoms with Gasteiger partial charge in [0, 0.05) is 17.5 Å². The molecule has 5 nitrogen and oxygen atoms in total. The third-order valence-corrected chi connectivity index (χ3v) is 3.15. The number of carbonyl (C=O) groups is 2. The van der Waals surface area contributed by atoms with E-state index in [0.29, 0.717) is 10.6 Å². The fourth-order valence-electron chi connectivity index (χ4n) is 1.75. The predicted octanol–water partition coefficient (Wildman–Crippen LogP) is 2.38. The Balaban J connectivity index is 2.94. The zero-order chi connectivity index (χ0) is 16.6. The Morgan fingerprint density at radius 1 is 1.27 bits per heavy atom. The van der Waals surface area contributed by atoms with Gasteiger partial charge in [0.2, 0.25) is 0 Å². The van der Waals surface area contributed by atoms with Crippen LogP contribution in [0.3, 0.4) is 0 Å². The number of benzene rings is 1. The Morgan fingerprint density at radius 2 is 2.00 bits per heavy atom. The van der Waals surface area contributed by atoms with Gasteiger partial charge >= 0.3 is 11.9 Å². The van der Waals surface area contributed by atoms with Crippen molar-refractivity contribution in [1.82, 2.24) is 0 Å². The second-order valence-electron chi connectivity index (χ2n) is 4.38. The maximum atomic E-state index is 11.9. The Bertz CT molecular complexity index is 594. The maximum absolute atomic E-state index is 11.9. The molecular weight excluding hydrogens is 308 g/mol. The van der Waals surface area contributed by atoms with E-state index in [9.17, 15) is 14.7 Å². The summed E-state index contributed by atoms with van der Waals surface area (Å²) in [7, 11) is 2.46. The summed E-state index contributed by atoms with van der Waals surface area (Å²) in [5.74, 6) is -1.29. The van der Waals surface area contributed by atoms with E-state index in [1.165, 1.54) is 44.6 Å². The SMILES string of the molecule is COC(=O)/C=C/C=C/CC(O)(C(=O)OC)c1cccc(Cl)c1. The van der Waals surface area contributed by atoms with Crippen molar-refractivity contribution in [3.8, 4) is 0 Å². The molecule has 1 rings (SSSR count). The van der Waals surface area contributed by atoms with Crippen molar-refractivity contribution in [2.45, 2.75) is 12.0 Å². The lowest BCUT2D eigenvalue weighted by Gasteiger charge is -2.24. The van der Waals surface area contributed by atoms with Gasteiger partial charge in [-0.15, -0.1) is 0 Å². The molecule has 0 fully saturated rings. The first-order chi connectivity index (χ1) is 10.4. The zero-order valence-corrected chi connectivity index (χ0v) is 13.0. The van der Waals surface area contributed by atoms with Crippen LogP contribution in [-0.4, -0.2) is 31.3 Å². The number of hydrogen-bond acceptors (Lipinski definition) is 5. The lowest BCUT2D eigenvalue weighted by atomic mass is 9.90. The molecule has 1 aromatic carbocycles. The highest BCUT2D eigenvalue weighted by Crippen LogP contribution is 2.29. The molecular formula is C16H17ClO5. The van der Waals surface area contributed by atoms with Crippen molar-refractivity contribution < 1.29 is 24.2 Å². The van der Waals surface area contributed by atoms with Crippen LogP contribution in [0.25, 0.3) is 0 Å². The third kappa shape index (κ3) is 4.72.